The van der Waals surface area contributed by atoms with Crippen LogP contribution in [0.5, 0.6) is 0 Å². The summed E-state index contributed by atoms with van der Waals surface area (Å²) < 4.78 is 5.71. The van der Waals surface area contributed by atoms with Crippen LogP contribution < -0.4 is 0 Å². The number of thioether (sulfide) groups is 1. The Labute approximate surface area is 156 Å². The molecule has 0 saturated carbocycles. The number of carbonyl (C=O) groups excluding carboxylic acids is 1. The summed E-state index contributed by atoms with van der Waals surface area (Å²) >= 11 is 1.47. The quantitative estimate of drug-likeness (QED) is 0.325. The minimum Gasteiger partial charge on any atom is -0.457 e. The number of benzene rings is 3. The molecule has 0 radical (unpaired) electrons. The number of rotatable bonds is 5. The molecule has 4 rings (SSSR count). The fraction of sp³-hybridized carbons (Fsp3) is 0.0870. The summed E-state index contributed by atoms with van der Waals surface area (Å²) in [6.07, 6.45) is 4.33. The van der Waals surface area contributed by atoms with Gasteiger partial charge in [-0.2, -0.15) is 0 Å². The number of furan rings is 1. The minimum atomic E-state index is 0.0193. The van der Waals surface area contributed by atoms with Crippen molar-refractivity contribution >= 4 is 28.3 Å². The van der Waals surface area contributed by atoms with Gasteiger partial charge in [0.15, 0.2) is 10.9 Å². The minimum absolute atomic E-state index is 0.0193. The highest BCUT2D eigenvalue weighted by Gasteiger charge is 2.23. The molecule has 0 aliphatic carbocycles. The van der Waals surface area contributed by atoms with Crippen LogP contribution in [-0.2, 0) is 6.42 Å². The second kappa shape index (κ2) is 7.22. The number of fused-ring (bicyclic) bond motifs is 1. The van der Waals surface area contributed by atoms with Crippen LogP contribution in [0.25, 0.3) is 10.8 Å². The van der Waals surface area contributed by atoms with Gasteiger partial charge in [-0.05, 0) is 22.6 Å². The lowest BCUT2D eigenvalue weighted by atomic mass is 9.95. The lowest BCUT2D eigenvalue weighted by molar-refractivity contribution is 0.103. The van der Waals surface area contributed by atoms with Crippen LogP contribution in [0.3, 0.4) is 0 Å². The Hall–Kier alpha value is -2.78. The van der Waals surface area contributed by atoms with Crippen molar-refractivity contribution in [3.8, 4) is 0 Å². The predicted molar refractivity (Wildman–Crippen MR) is 107 cm³/mol. The van der Waals surface area contributed by atoms with Gasteiger partial charge in [0.25, 0.3) is 0 Å². The van der Waals surface area contributed by atoms with Gasteiger partial charge in [-0.25, -0.2) is 0 Å². The molecule has 0 unspecified atom stereocenters. The van der Waals surface area contributed by atoms with E-state index in [2.05, 4.69) is 12.1 Å². The fourth-order valence-electron chi connectivity index (χ4n) is 3.27. The van der Waals surface area contributed by atoms with E-state index in [1.807, 2.05) is 66.9 Å². The third-order valence-electron chi connectivity index (χ3n) is 4.52. The molecule has 0 amide bonds. The Balaban J connectivity index is 1.81. The number of hydrogen-bond donors (Lipinski definition) is 0. The van der Waals surface area contributed by atoms with E-state index in [1.165, 1.54) is 11.8 Å². The summed E-state index contributed by atoms with van der Waals surface area (Å²) in [6, 6.07) is 24.0. The molecule has 1 heterocycles. The van der Waals surface area contributed by atoms with E-state index in [-0.39, 0.29) is 5.78 Å². The van der Waals surface area contributed by atoms with Gasteiger partial charge in [-0.3, -0.25) is 4.79 Å². The molecule has 0 aliphatic rings. The molecule has 0 N–H and O–H groups in total. The lowest BCUT2D eigenvalue weighted by Gasteiger charge is -2.08. The normalized spacial score (nSPS) is 11.0. The van der Waals surface area contributed by atoms with Crippen LogP contribution >= 0.6 is 11.8 Å². The molecule has 0 aliphatic heterocycles. The molecule has 1 aromatic heterocycles. The topological polar surface area (TPSA) is 30.2 Å². The monoisotopic (exact) mass is 358 g/mol. The molecule has 0 atom stereocenters. The first kappa shape index (κ1) is 16.7. The predicted octanol–water partition coefficient (Wildman–Crippen LogP) is 5.98. The van der Waals surface area contributed by atoms with Crippen molar-refractivity contribution in [2.24, 2.45) is 0 Å². The second-order valence-electron chi connectivity index (χ2n) is 6.15. The van der Waals surface area contributed by atoms with Crippen LogP contribution in [0.4, 0.5) is 0 Å². The smallest absolute Gasteiger partial charge is 0.198 e. The van der Waals surface area contributed by atoms with Gasteiger partial charge < -0.3 is 4.42 Å². The molecule has 0 fully saturated rings. The van der Waals surface area contributed by atoms with E-state index < -0.39 is 0 Å². The van der Waals surface area contributed by atoms with Gasteiger partial charge in [-0.15, -0.1) is 0 Å². The molecular weight excluding hydrogens is 340 g/mol. The first-order valence-electron chi connectivity index (χ1n) is 8.48. The molecule has 0 spiro atoms. The summed E-state index contributed by atoms with van der Waals surface area (Å²) in [6.45, 7) is 0. The lowest BCUT2D eigenvalue weighted by Crippen LogP contribution is -2.06. The Morgan fingerprint density at radius 1 is 0.923 bits per heavy atom. The van der Waals surface area contributed by atoms with Crippen molar-refractivity contribution in [3.63, 3.8) is 0 Å². The molecular formula is C23H18O2S. The van der Waals surface area contributed by atoms with Crippen LogP contribution in [0.2, 0.25) is 0 Å². The Kier molecular flexibility index (Phi) is 4.63. The van der Waals surface area contributed by atoms with E-state index in [0.717, 1.165) is 21.9 Å². The van der Waals surface area contributed by atoms with Crippen molar-refractivity contribution in [1.82, 2.24) is 0 Å². The zero-order valence-corrected chi connectivity index (χ0v) is 15.3. The molecule has 0 saturated heterocycles. The highest BCUT2D eigenvalue weighted by Crippen LogP contribution is 2.31. The van der Waals surface area contributed by atoms with E-state index in [0.29, 0.717) is 22.6 Å². The van der Waals surface area contributed by atoms with Crippen molar-refractivity contribution in [2.75, 3.05) is 6.26 Å². The van der Waals surface area contributed by atoms with Gasteiger partial charge >= 0.3 is 0 Å². The van der Waals surface area contributed by atoms with Crippen LogP contribution in [0.15, 0.2) is 88.6 Å². The van der Waals surface area contributed by atoms with Crippen molar-refractivity contribution in [1.29, 1.82) is 0 Å². The summed E-state index contributed by atoms with van der Waals surface area (Å²) in [4.78, 5) is 13.4. The molecule has 128 valence electrons. The zero-order valence-electron chi connectivity index (χ0n) is 14.4. The van der Waals surface area contributed by atoms with E-state index in [4.69, 9.17) is 4.42 Å². The zero-order chi connectivity index (χ0) is 17.9. The van der Waals surface area contributed by atoms with E-state index in [9.17, 15) is 4.79 Å². The molecule has 3 aromatic carbocycles. The summed E-state index contributed by atoms with van der Waals surface area (Å²) in [5, 5.41) is 2.71. The number of ketones is 1. The largest absolute Gasteiger partial charge is 0.457 e. The average molecular weight is 358 g/mol. The van der Waals surface area contributed by atoms with Gasteiger partial charge in [0.2, 0.25) is 0 Å². The standard InChI is InChI=1S/C23H18O2S/c1-26-23-21(18(15-25-23)14-16-8-3-2-4-9-16)22(24)20-13-7-11-17-10-5-6-12-19(17)20/h2-13,15H,14H2,1H3. The fourth-order valence-corrected chi connectivity index (χ4v) is 3.84. The maximum Gasteiger partial charge on any atom is 0.198 e. The second-order valence-corrected chi connectivity index (χ2v) is 6.92. The van der Waals surface area contributed by atoms with Crippen LogP contribution in [0.1, 0.15) is 27.0 Å². The molecule has 26 heavy (non-hydrogen) atoms. The number of carbonyl (C=O) groups is 1. The first-order chi connectivity index (χ1) is 12.8. The SMILES string of the molecule is CSc1occ(Cc2ccccc2)c1C(=O)c1cccc2ccccc12. The Morgan fingerprint density at radius 2 is 1.65 bits per heavy atom. The highest BCUT2D eigenvalue weighted by atomic mass is 32.2. The van der Waals surface area contributed by atoms with Crippen molar-refractivity contribution in [2.45, 2.75) is 11.5 Å². The molecule has 4 aromatic rings. The van der Waals surface area contributed by atoms with Gasteiger partial charge in [-0.1, -0.05) is 84.6 Å². The third kappa shape index (κ3) is 3.06. The maximum absolute atomic E-state index is 13.4. The van der Waals surface area contributed by atoms with Crippen molar-refractivity contribution in [3.05, 3.63) is 101 Å². The van der Waals surface area contributed by atoms with E-state index in [1.54, 1.807) is 6.26 Å². The van der Waals surface area contributed by atoms with Crippen LogP contribution in [-0.4, -0.2) is 12.0 Å². The van der Waals surface area contributed by atoms with Crippen LogP contribution in [0, 0.1) is 0 Å². The van der Waals surface area contributed by atoms with Crippen molar-refractivity contribution < 1.29 is 9.21 Å². The molecule has 0 bridgehead atoms. The first-order valence-corrected chi connectivity index (χ1v) is 9.71. The summed E-state index contributed by atoms with van der Waals surface area (Å²) in [7, 11) is 0. The molecule has 3 heteroatoms. The van der Waals surface area contributed by atoms with Gasteiger partial charge in [0.1, 0.15) is 0 Å². The van der Waals surface area contributed by atoms with Gasteiger partial charge in [0.05, 0.1) is 11.8 Å². The maximum atomic E-state index is 13.4. The average Bonchev–Trinajstić information content (AvgIpc) is 3.10. The highest BCUT2D eigenvalue weighted by molar-refractivity contribution is 7.98. The Bertz CT molecular complexity index is 1060. The number of hydrogen-bond acceptors (Lipinski definition) is 3. The summed E-state index contributed by atoms with van der Waals surface area (Å²) in [5.41, 5.74) is 3.48. The van der Waals surface area contributed by atoms with Gasteiger partial charge in [0, 0.05) is 17.5 Å². The van der Waals surface area contributed by atoms with E-state index >= 15 is 0 Å². The third-order valence-corrected chi connectivity index (χ3v) is 5.19. The Morgan fingerprint density at radius 3 is 2.46 bits per heavy atom. The molecule has 2 nitrogen and oxygen atoms in total. The summed E-state index contributed by atoms with van der Waals surface area (Å²) in [5.74, 6) is 0.0193.